The first-order valence-electron chi connectivity index (χ1n) is 12.0. The van der Waals surface area contributed by atoms with Crippen LogP contribution in [-0.2, 0) is 11.3 Å². The van der Waals surface area contributed by atoms with Crippen LogP contribution in [0.2, 0.25) is 0 Å². The van der Waals surface area contributed by atoms with E-state index in [1.807, 2.05) is 49.1 Å². The summed E-state index contributed by atoms with van der Waals surface area (Å²) in [5, 5.41) is 9.78. The van der Waals surface area contributed by atoms with E-state index >= 15 is 0 Å². The Morgan fingerprint density at radius 3 is 2.67 bits per heavy atom. The van der Waals surface area contributed by atoms with Crippen molar-refractivity contribution in [1.82, 2.24) is 9.88 Å². The smallest absolute Gasteiger partial charge is 0.327 e. The standard InChI is InChI=1S/C27H30F2N4O3/c1-3-7-32-8-9-33(24(16-32)27(34)35)25-22(28)14-23(29)26(31-25)36-21-11-17(2)10-20(13-21)19-6-4-5-18(12-19)15-30/h4-6,10-14,24H,3,7-9,15-16,30H2,1-2H3,(H,34,35). The van der Waals surface area contributed by atoms with E-state index in [-0.39, 0.29) is 18.9 Å². The van der Waals surface area contributed by atoms with Crippen molar-refractivity contribution in [3.63, 3.8) is 0 Å². The molecular weight excluding hydrogens is 466 g/mol. The third-order valence-corrected chi connectivity index (χ3v) is 6.20. The number of rotatable bonds is 8. The van der Waals surface area contributed by atoms with Crippen molar-refractivity contribution < 1.29 is 23.4 Å². The van der Waals surface area contributed by atoms with Crippen molar-refractivity contribution in [2.75, 3.05) is 31.1 Å². The van der Waals surface area contributed by atoms with Crippen molar-refractivity contribution >= 4 is 11.8 Å². The van der Waals surface area contributed by atoms with Gasteiger partial charge in [0.05, 0.1) is 0 Å². The van der Waals surface area contributed by atoms with Gasteiger partial charge in [-0.05, 0) is 60.3 Å². The Bertz CT molecular complexity index is 1250. The molecule has 3 N–H and O–H groups in total. The number of nitrogens with two attached hydrogens (primary N) is 1. The van der Waals surface area contributed by atoms with E-state index in [9.17, 15) is 18.7 Å². The predicted octanol–water partition coefficient (Wildman–Crippen LogP) is 4.57. The molecule has 0 spiro atoms. The van der Waals surface area contributed by atoms with Crippen molar-refractivity contribution in [3.8, 4) is 22.8 Å². The van der Waals surface area contributed by atoms with Crippen molar-refractivity contribution in [2.45, 2.75) is 32.9 Å². The molecule has 9 heteroatoms. The molecule has 2 aromatic carbocycles. The molecule has 4 rings (SSSR count). The number of pyridine rings is 1. The summed E-state index contributed by atoms with van der Waals surface area (Å²) in [4.78, 5) is 19.5. The van der Waals surface area contributed by atoms with Crippen LogP contribution >= 0.6 is 0 Å². The summed E-state index contributed by atoms with van der Waals surface area (Å²) >= 11 is 0. The fourth-order valence-corrected chi connectivity index (χ4v) is 4.50. The van der Waals surface area contributed by atoms with Crippen LogP contribution in [0.25, 0.3) is 11.1 Å². The Hall–Kier alpha value is -3.56. The van der Waals surface area contributed by atoms with E-state index in [0.717, 1.165) is 35.2 Å². The minimum atomic E-state index is -1.09. The largest absolute Gasteiger partial charge is 0.480 e. The molecule has 1 unspecified atom stereocenters. The first kappa shape index (κ1) is 25.5. The topological polar surface area (TPSA) is 91.9 Å². The lowest BCUT2D eigenvalue weighted by Gasteiger charge is -2.40. The summed E-state index contributed by atoms with van der Waals surface area (Å²) in [6, 6.07) is 12.9. The number of hydrogen-bond acceptors (Lipinski definition) is 6. The number of piperazine rings is 1. The zero-order valence-electron chi connectivity index (χ0n) is 20.4. The molecule has 0 bridgehead atoms. The molecule has 0 saturated carbocycles. The van der Waals surface area contributed by atoms with Crippen LogP contribution in [0.3, 0.4) is 0 Å². The maximum absolute atomic E-state index is 14.8. The summed E-state index contributed by atoms with van der Waals surface area (Å²) in [7, 11) is 0. The second-order valence-electron chi connectivity index (χ2n) is 8.97. The van der Waals surface area contributed by atoms with Crippen LogP contribution in [0.5, 0.6) is 11.6 Å². The lowest BCUT2D eigenvalue weighted by Crippen LogP contribution is -2.57. The molecule has 3 aromatic rings. The monoisotopic (exact) mass is 496 g/mol. The van der Waals surface area contributed by atoms with Crippen molar-refractivity contribution in [1.29, 1.82) is 0 Å². The average molecular weight is 497 g/mol. The molecule has 1 aromatic heterocycles. The maximum atomic E-state index is 14.8. The van der Waals surface area contributed by atoms with E-state index in [4.69, 9.17) is 10.5 Å². The number of aromatic nitrogens is 1. The van der Waals surface area contributed by atoms with E-state index in [0.29, 0.717) is 24.9 Å². The normalized spacial score (nSPS) is 16.2. The van der Waals surface area contributed by atoms with Crippen LogP contribution in [0.1, 0.15) is 24.5 Å². The molecule has 0 radical (unpaired) electrons. The fraction of sp³-hybridized carbons (Fsp3) is 0.333. The van der Waals surface area contributed by atoms with E-state index in [1.54, 1.807) is 12.1 Å². The Kier molecular flexibility index (Phi) is 7.81. The summed E-state index contributed by atoms with van der Waals surface area (Å²) in [6.07, 6.45) is 0.877. The first-order chi connectivity index (χ1) is 17.3. The Morgan fingerprint density at radius 1 is 1.14 bits per heavy atom. The number of benzene rings is 2. The predicted molar refractivity (Wildman–Crippen MR) is 134 cm³/mol. The minimum Gasteiger partial charge on any atom is -0.480 e. The zero-order valence-corrected chi connectivity index (χ0v) is 20.4. The van der Waals surface area contributed by atoms with E-state index in [1.165, 1.54) is 4.90 Å². The highest BCUT2D eigenvalue weighted by Crippen LogP contribution is 2.33. The third-order valence-electron chi connectivity index (χ3n) is 6.20. The lowest BCUT2D eigenvalue weighted by atomic mass is 10.0. The van der Waals surface area contributed by atoms with Crippen molar-refractivity contribution in [2.24, 2.45) is 5.73 Å². The number of carboxylic acid groups (broad SMARTS) is 1. The summed E-state index contributed by atoms with van der Waals surface area (Å²) in [5.74, 6) is -3.32. The summed E-state index contributed by atoms with van der Waals surface area (Å²) in [5.41, 5.74) is 9.39. The number of halogens is 2. The van der Waals surface area contributed by atoms with Gasteiger partial charge in [0.2, 0.25) is 0 Å². The van der Waals surface area contributed by atoms with Crippen LogP contribution in [0.4, 0.5) is 14.6 Å². The molecule has 0 amide bonds. The molecule has 7 nitrogen and oxygen atoms in total. The summed E-state index contributed by atoms with van der Waals surface area (Å²) < 4.78 is 35.4. The Morgan fingerprint density at radius 2 is 1.94 bits per heavy atom. The van der Waals surface area contributed by atoms with Crippen LogP contribution in [0.15, 0.2) is 48.5 Å². The number of nitrogens with zero attached hydrogens (tertiary/aromatic N) is 3. The minimum absolute atomic E-state index is 0.223. The number of ether oxygens (including phenoxy) is 1. The number of aryl methyl sites for hydroxylation is 1. The van der Waals surface area contributed by atoms with Gasteiger partial charge in [-0.15, -0.1) is 0 Å². The van der Waals surface area contributed by atoms with Gasteiger partial charge in [0.25, 0.3) is 5.88 Å². The highest BCUT2D eigenvalue weighted by Gasteiger charge is 2.35. The lowest BCUT2D eigenvalue weighted by molar-refractivity contribution is -0.139. The molecule has 1 aliphatic heterocycles. The van der Waals surface area contributed by atoms with Crippen molar-refractivity contribution in [3.05, 3.63) is 71.3 Å². The number of aliphatic carboxylic acids is 1. The van der Waals surface area contributed by atoms with Gasteiger partial charge in [0.15, 0.2) is 17.5 Å². The second kappa shape index (κ2) is 11.0. The molecular formula is C27H30F2N4O3. The van der Waals surface area contributed by atoms with Gasteiger partial charge >= 0.3 is 5.97 Å². The zero-order chi connectivity index (χ0) is 25.8. The maximum Gasteiger partial charge on any atom is 0.327 e. The highest BCUT2D eigenvalue weighted by atomic mass is 19.1. The van der Waals surface area contributed by atoms with Crippen LogP contribution in [0, 0.1) is 18.6 Å². The van der Waals surface area contributed by atoms with E-state index in [2.05, 4.69) is 4.98 Å². The Labute approximate surface area is 209 Å². The molecule has 36 heavy (non-hydrogen) atoms. The molecule has 1 saturated heterocycles. The van der Waals surface area contributed by atoms with Crippen LogP contribution in [-0.4, -0.2) is 53.2 Å². The summed E-state index contributed by atoms with van der Waals surface area (Å²) in [6.45, 7) is 6.07. The fourth-order valence-electron chi connectivity index (χ4n) is 4.50. The van der Waals surface area contributed by atoms with Gasteiger partial charge in [0, 0.05) is 32.2 Å². The van der Waals surface area contributed by atoms with Gasteiger partial charge in [-0.25, -0.2) is 13.6 Å². The molecule has 1 fully saturated rings. The van der Waals surface area contributed by atoms with Gasteiger partial charge in [-0.2, -0.15) is 4.98 Å². The molecule has 1 aliphatic rings. The van der Waals surface area contributed by atoms with Gasteiger partial charge in [-0.1, -0.05) is 31.2 Å². The SMILES string of the molecule is CCCN1CCN(c2nc(Oc3cc(C)cc(-c4cccc(CN)c4)c3)c(F)cc2F)C(C(=O)O)C1. The second-order valence-corrected chi connectivity index (χ2v) is 8.97. The first-order valence-corrected chi connectivity index (χ1v) is 12.0. The van der Waals surface area contributed by atoms with Gasteiger partial charge < -0.3 is 20.5 Å². The molecule has 190 valence electrons. The molecule has 0 aliphatic carbocycles. The number of carboxylic acids is 1. The third kappa shape index (κ3) is 5.63. The molecule has 2 heterocycles. The van der Waals surface area contributed by atoms with Gasteiger partial charge in [-0.3, -0.25) is 4.90 Å². The number of anilines is 1. The quantitative estimate of drug-likeness (QED) is 0.472. The van der Waals surface area contributed by atoms with Crippen LogP contribution < -0.4 is 15.4 Å². The average Bonchev–Trinajstić information content (AvgIpc) is 2.85. The molecule has 1 atom stereocenters. The van der Waals surface area contributed by atoms with E-state index < -0.39 is 29.5 Å². The Balaban J connectivity index is 1.65. The van der Waals surface area contributed by atoms with Gasteiger partial charge in [0.1, 0.15) is 11.8 Å². The number of hydrogen-bond donors (Lipinski definition) is 2. The number of carbonyl (C=O) groups is 1. The highest BCUT2D eigenvalue weighted by molar-refractivity contribution is 5.78.